The molecule has 0 spiro atoms. The van der Waals surface area contributed by atoms with Gasteiger partial charge in [0.25, 0.3) is 5.56 Å². The van der Waals surface area contributed by atoms with Crippen molar-refractivity contribution in [1.82, 2.24) is 9.78 Å². The van der Waals surface area contributed by atoms with E-state index in [1.54, 1.807) is 13.1 Å². The number of benzene rings is 2. The van der Waals surface area contributed by atoms with Crippen LogP contribution in [-0.4, -0.2) is 20.7 Å². The van der Waals surface area contributed by atoms with Gasteiger partial charge in [0.05, 0.1) is 0 Å². The molecule has 0 aliphatic rings. The number of hydrogen-bond donors (Lipinski definition) is 1. The van der Waals surface area contributed by atoms with Crippen molar-refractivity contribution in [2.75, 3.05) is 0 Å². The Morgan fingerprint density at radius 3 is 2.48 bits per heavy atom. The summed E-state index contributed by atoms with van der Waals surface area (Å²) in [5.74, 6) is -0.00997. The standard InChI is InChI=1S/C21H20BrN3O2/c1-14-5-3-4-6-17(14)18(15-7-9-16(22)10-8-15)13-20(24-27)19-11-12-21(26)25(2)23-19/h3-12,18,27H,13H2,1-2H3/b24-20+/t18-/m1/s1. The van der Waals surface area contributed by atoms with Crippen molar-refractivity contribution in [1.29, 1.82) is 0 Å². The highest BCUT2D eigenvalue weighted by atomic mass is 79.9. The molecule has 1 N–H and O–H groups in total. The van der Waals surface area contributed by atoms with E-state index in [1.165, 1.54) is 10.7 Å². The molecule has 0 fully saturated rings. The third-order valence-electron chi connectivity index (χ3n) is 4.61. The van der Waals surface area contributed by atoms with Gasteiger partial charge in [0.1, 0.15) is 11.4 Å². The molecule has 0 radical (unpaired) electrons. The van der Waals surface area contributed by atoms with Gasteiger partial charge in [0, 0.05) is 29.9 Å². The predicted octanol–water partition coefficient (Wildman–Crippen LogP) is 4.25. The molecule has 6 heteroatoms. The summed E-state index contributed by atoms with van der Waals surface area (Å²) in [6.45, 7) is 2.07. The number of halogens is 1. The average molecular weight is 426 g/mol. The van der Waals surface area contributed by atoms with Gasteiger partial charge in [-0.15, -0.1) is 0 Å². The van der Waals surface area contributed by atoms with E-state index in [1.807, 2.05) is 24.3 Å². The summed E-state index contributed by atoms with van der Waals surface area (Å²) in [6, 6.07) is 19.3. The summed E-state index contributed by atoms with van der Waals surface area (Å²) in [5.41, 5.74) is 4.14. The molecule has 27 heavy (non-hydrogen) atoms. The van der Waals surface area contributed by atoms with Crippen molar-refractivity contribution >= 4 is 21.6 Å². The van der Waals surface area contributed by atoms with Crippen LogP contribution in [0.5, 0.6) is 0 Å². The van der Waals surface area contributed by atoms with Gasteiger partial charge in [0.15, 0.2) is 0 Å². The fraction of sp³-hybridized carbons (Fsp3) is 0.190. The Hall–Kier alpha value is -2.73. The molecular weight excluding hydrogens is 406 g/mol. The number of nitrogens with zero attached hydrogens (tertiary/aromatic N) is 3. The van der Waals surface area contributed by atoms with E-state index in [-0.39, 0.29) is 11.5 Å². The molecule has 1 heterocycles. The number of aryl methyl sites for hydroxylation is 2. The largest absolute Gasteiger partial charge is 0.411 e. The molecule has 3 aromatic rings. The first-order valence-corrected chi connectivity index (χ1v) is 9.35. The molecule has 138 valence electrons. The van der Waals surface area contributed by atoms with Gasteiger partial charge in [-0.25, -0.2) is 4.68 Å². The second kappa shape index (κ2) is 8.31. The molecule has 1 aromatic heterocycles. The first-order chi connectivity index (χ1) is 13.0. The SMILES string of the molecule is Cc1ccccc1[C@H](C/C(=N\O)c1ccc(=O)n(C)n1)c1ccc(Br)cc1. The monoisotopic (exact) mass is 425 g/mol. The van der Waals surface area contributed by atoms with Crippen LogP contribution in [0.2, 0.25) is 0 Å². The maximum absolute atomic E-state index is 11.6. The van der Waals surface area contributed by atoms with Crippen molar-refractivity contribution in [2.45, 2.75) is 19.3 Å². The van der Waals surface area contributed by atoms with Crippen LogP contribution < -0.4 is 5.56 Å². The van der Waals surface area contributed by atoms with Crippen LogP contribution in [0.25, 0.3) is 0 Å². The molecule has 0 aliphatic heterocycles. The number of oxime groups is 1. The summed E-state index contributed by atoms with van der Waals surface area (Å²) in [4.78, 5) is 11.6. The van der Waals surface area contributed by atoms with Crippen LogP contribution in [0, 0.1) is 6.92 Å². The molecule has 2 aromatic carbocycles. The molecule has 5 nitrogen and oxygen atoms in total. The maximum atomic E-state index is 11.6. The Kier molecular flexibility index (Phi) is 5.86. The van der Waals surface area contributed by atoms with Crippen LogP contribution in [0.1, 0.15) is 34.7 Å². The number of hydrogen-bond acceptors (Lipinski definition) is 4. The highest BCUT2D eigenvalue weighted by molar-refractivity contribution is 9.10. The van der Waals surface area contributed by atoms with E-state index in [2.05, 4.69) is 57.4 Å². The van der Waals surface area contributed by atoms with Crippen LogP contribution in [0.3, 0.4) is 0 Å². The average Bonchev–Trinajstić information content (AvgIpc) is 2.67. The quantitative estimate of drug-likeness (QED) is 0.377. The minimum absolute atomic E-state index is 0.00997. The lowest BCUT2D eigenvalue weighted by atomic mass is 9.84. The highest BCUT2D eigenvalue weighted by Gasteiger charge is 2.21. The van der Waals surface area contributed by atoms with Crippen molar-refractivity contribution in [2.24, 2.45) is 12.2 Å². The van der Waals surface area contributed by atoms with Crippen molar-refractivity contribution in [3.8, 4) is 0 Å². The predicted molar refractivity (Wildman–Crippen MR) is 110 cm³/mol. The van der Waals surface area contributed by atoms with Gasteiger partial charge in [-0.2, -0.15) is 5.10 Å². The van der Waals surface area contributed by atoms with Gasteiger partial charge in [0.2, 0.25) is 0 Å². The Labute approximate surface area is 166 Å². The third kappa shape index (κ3) is 4.34. The van der Waals surface area contributed by atoms with Gasteiger partial charge < -0.3 is 5.21 Å². The fourth-order valence-corrected chi connectivity index (χ4v) is 3.39. The molecule has 1 atom stereocenters. The first kappa shape index (κ1) is 19.0. The normalized spacial score (nSPS) is 12.8. The van der Waals surface area contributed by atoms with E-state index >= 15 is 0 Å². The van der Waals surface area contributed by atoms with Crippen LogP contribution in [0.4, 0.5) is 0 Å². The molecule has 0 saturated carbocycles. The first-order valence-electron chi connectivity index (χ1n) is 8.56. The summed E-state index contributed by atoms with van der Waals surface area (Å²) in [6.07, 6.45) is 0.453. The Morgan fingerprint density at radius 1 is 1.15 bits per heavy atom. The summed E-state index contributed by atoms with van der Waals surface area (Å²) in [5, 5.41) is 17.4. The lowest BCUT2D eigenvalue weighted by Crippen LogP contribution is -2.22. The van der Waals surface area contributed by atoms with Crippen molar-refractivity contribution in [3.63, 3.8) is 0 Å². The fourth-order valence-electron chi connectivity index (χ4n) is 3.13. The van der Waals surface area contributed by atoms with Gasteiger partial charge >= 0.3 is 0 Å². The Balaban J connectivity index is 2.04. The lowest BCUT2D eigenvalue weighted by Gasteiger charge is -2.20. The second-order valence-electron chi connectivity index (χ2n) is 6.39. The molecule has 0 aliphatic carbocycles. The van der Waals surface area contributed by atoms with Crippen LogP contribution in [-0.2, 0) is 7.05 Å². The van der Waals surface area contributed by atoms with Crippen LogP contribution in [0.15, 0.2) is 75.1 Å². The van der Waals surface area contributed by atoms with E-state index in [0.29, 0.717) is 17.8 Å². The zero-order chi connectivity index (χ0) is 19.4. The molecular formula is C21H20BrN3O2. The minimum Gasteiger partial charge on any atom is -0.411 e. The zero-order valence-corrected chi connectivity index (χ0v) is 16.7. The summed E-state index contributed by atoms with van der Waals surface area (Å²) in [7, 11) is 1.58. The van der Waals surface area contributed by atoms with E-state index < -0.39 is 0 Å². The third-order valence-corrected chi connectivity index (χ3v) is 5.14. The Bertz CT molecular complexity index is 1030. The van der Waals surface area contributed by atoms with Crippen molar-refractivity contribution in [3.05, 3.63) is 97.9 Å². The molecule has 0 bridgehead atoms. The van der Waals surface area contributed by atoms with Crippen molar-refractivity contribution < 1.29 is 5.21 Å². The lowest BCUT2D eigenvalue weighted by molar-refractivity contribution is 0.317. The highest BCUT2D eigenvalue weighted by Crippen LogP contribution is 2.32. The van der Waals surface area contributed by atoms with Crippen LogP contribution >= 0.6 is 15.9 Å². The smallest absolute Gasteiger partial charge is 0.266 e. The number of rotatable bonds is 5. The summed E-state index contributed by atoms with van der Waals surface area (Å²) < 4.78 is 2.24. The molecule has 3 rings (SSSR count). The van der Waals surface area contributed by atoms with Gasteiger partial charge in [-0.05, 0) is 41.8 Å². The Morgan fingerprint density at radius 2 is 1.85 bits per heavy atom. The number of aromatic nitrogens is 2. The second-order valence-corrected chi connectivity index (χ2v) is 7.31. The van der Waals surface area contributed by atoms with Gasteiger partial charge in [-0.1, -0.05) is 57.5 Å². The van der Waals surface area contributed by atoms with E-state index in [0.717, 1.165) is 21.2 Å². The molecule has 0 saturated heterocycles. The van der Waals surface area contributed by atoms with E-state index in [9.17, 15) is 10.0 Å². The van der Waals surface area contributed by atoms with Gasteiger partial charge in [-0.3, -0.25) is 4.79 Å². The summed E-state index contributed by atoms with van der Waals surface area (Å²) >= 11 is 3.48. The molecule has 0 unspecified atom stereocenters. The zero-order valence-electron chi connectivity index (χ0n) is 15.1. The maximum Gasteiger partial charge on any atom is 0.266 e. The topological polar surface area (TPSA) is 67.5 Å². The molecule has 0 amide bonds. The van der Waals surface area contributed by atoms with E-state index in [4.69, 9.17) is 0 Å². The minimum atomic E-state index is -0.209.